The third kappa shape index (κ3) is 5.57. The molecule has 0 bridgehead atoms. The summed E-state index contributed by atoms with van der Waals surface area (Å²) >= 11 is 5.81. The SMILES string of the molecule is CCOC(=O)CC(O)c1ccc2c(c1)CC(CNS(=O)(=O)c1ccc(Cl)cc1)C2. The van der Waals surface area contributed by atoms with Crippen LogP contribution in [0.4, 0.5) is 0 Å². The highest BCUT2D eigenvalue weighted by molar-refractivity contribution is 7.89. The maximum atomic E-state index is 12.4. The smallest absolute Gasteiger partial charge is 0.308 e. The van der Waals surface area contributed by atoms with Gasteiger partial charge in [-0.3, -0.25) is 4.79 Å². The monoisotopic (exact) mass is 437 g/mol. The molecule has 0 heterocycles. The van der Waals surface area contributed by atoms with E-state index < -0.39 is 22.1 Å². The maximum Gasteiger partial charge on any atom is 0.308 e. The van der Waals surface area contributed by atoms with E-state index in [0.29, 0.717) is 23.6 Å². The molecule has 1 aliphatic carbocycles. The van der Waals surface area contributed by atoms with Crippen LogP contribution < -0.4 is 4.72 Å². The van der Waals surface area contributed by atoms with Crippen molar-refractivity contribution in [2.75, 3.05) is 13.2 Å². The Bertz CT molecular complexity index is 975. The Morgan fingerprint density at radius 2 is 1.90 bits per heavy atom. The predicted octanol–water partition coefficient (Wildman–Crippen LogP) is 3.02. The summed E-state index contributed by atoms with van der Waals surface area (Å²) < 4.78 is 32.4. The molecule has 6 nitrogen and oxygen atoms in total. The van der Waals surface area contributed by atoms with E-state index in [1.165, 1.54) is 12.1 Å². The van der Waals surface area contributed by atoms with Gasteiger partial charge in [-0.25, -0.2) is 13.1 Å². The molecule has 29 heavy (non-hydrogen) atoms. The van der Waals surface area contributed by atoms with Gasteiger partial charge in [-0.2, -0.15) is 0 Å². The fourth-order valence-corrected chi connectivity index (χ4v) is 4.74. The molecule has 2 unspecified atom stereocenters. The molecule has 0 saturated carbocycles. The molecule has 0 radical (unpaired) electrons. The summed E-state index contributed by atoms with van der Waals surface area (Å²) in [7, 11) is -3.59. The van der Waals surface area contributed by atoms with Crippen LogP contribution in [0.1, 0.15) is 36.1 Å². The first-order chi connectivity index (χ1) is 13.8. The quantitative estimate of drug-likeness (QED) is 0.619. The van der Waals surface area contributed by atoms with Crippen LogP contribution in [-0.4, -0.2) is 32.6 Å². The number of aliphatic hydroxyl groups is 1. The summed E-state index contributed by atoms with van der Waals surface area (Å²) in [5.41, 5.74) is 2.87. The second-order valence-corrected chi connectivity index (χ2v) is 9.34. The molecule has 3 rings (SSSR count). The van der Waals surface area contributed by atoms with Gasteiger partial charge in [-0.15, -0.1) is 0 Å². The Labute approximate surface area is 175 Å². The number of halogens is 1. The van der Waals surface area contributed by atoms with Crippen molar-refractivity contribution in [1.82, 2.24) is 4.72 Å². The Kier molecular flexibility index (Phi) is 6.95. The largest absolute Gasteiger partial charge is 0.466 e. The first kappa shape index (κ1) is 21.8. The van der Waals surface area contributed by atoms with Crippen LogP contribution in [0, 0.1) is 5.92 Å². The van der Waals surface area contributed by atoms with E-state index in [0.717, 1.165) is 17.5 Å². The van der Waals surface area contributed by atoms with Crippen LogP contribution in [0.3, 0.4) is 0 Å². The molecule has 8 heteroatoms. The number of fused-ring (bicyclic) bond motifs is 1. The first-order valence-corrected chi connectivity index (χ1v) is 11.3. The summed E-state index contributed by atoms with van der Waals surface area (Å²) in [5, 5.41) is 10.8. The summed E-state index contributed by atoms with van der Waals surface area (Å²) in [5.74, 6) is -0.306. The van der Waals surface area contributed by atoms with Crippen molar-refractivity contribution in [2.24, 2.45) is 5.92 Å². The van der Waals surface area contributed by atoms with Gasteiger partial charge < -0.3 is 9.84 Å². The lowest BCUT2D eigenvalue weighted by molar-refractivity contribution is -0.145. The molecule has 1 aliphatic rings. The highest BCUT2D eigenvalue weighted by atomic mass is 35.5. The number of rotatable bonds is 8. The molecule has 0 amide bonds. The number of benzene rings is 2. The summed E-state index contributed by atoms with van der Waals surface area (Å²) in [6.07, 6.45) is 0.462. The molecule has 2 aromatic carbocycles. The fourth-order valence-electron chi connectivity index (χ4n) is 3.50. The lowest BCUT2D eigenvalue weighted by Crippen LogP contribution is -2.29. The molecular weight excluding hydrogens is 414 g/mol. The van der Waals surface area contributed by atoms with E-state index in [2.05, 4.69) is 4.72 Å². The number of aliphatic hydroxyl groups excluding tert-OH is 1. The summed E-state index contributed by atoms with van der Waals surface area (Å²) in [4.78, 5) is 11.8. The van der Waals surface area contributed by atoms with Gasteiger partial charge in [0.05, 0.1) is 24.0 Å². The molecule has 2 N–H and O–H groups in total. The van der Waals surface area contributed by atoms with E-state index in [9.17, 15) is 18.3 Å². The highest BCUT2D eigenvalue weighted by Crippen LogP contribution is 2.30. The minimum Gasteiger partial charge on any atom is -0.466 e. The van der Waals surface area contributed by atoms with Crippen molar-refractivity contribution in [3.8, 4) is 0 Å². The molecule has 0 fully saturated rings. The number of hydrogen-bond donors (Lipinski definition) is 2. The molecule has 2 atom stereocenters. The van der Waals surface area contributed by atoms with Crippen LogP contribution in [0.5, 0.6) is 0 Å². The maximum absolute atomic E-state index is 12.4. The molecule has 156 valence electrons. The molecule has 0 aliphatic heterocycles. The molecule has 0 saturated heterocycles. The standard InChI is InChI=1S/C21H24ClNO5S/c1-2-28-21(25)12-20(24)16-4-3-15-9-14(10-17(15)11-16)13-23-29(26,27)19-7-5-18(22)6-8-19/h3-8,11,14,20,23-24H,2,9-10,12-13H2,1H3. The number of carbonyl (C=O) groups is 1. The van der Waals surface area contributed by atoms with E-state index in [4.69, 9.17) is 16.3 Å². The Morgan fingerprint density at radius 3 is 2.59 bits per heavy atom. The van der Waals surface area contributed by atoms with E-state index in [-0.39, 0.29) is 23.8 Å². The van der Waals surface area contributed by atoms with E-state index >= 15 is 0 Å². The molecular formula is C21H24ClNO5S. The third-order valence-electron chi connectivity index (χ3n) is 4.98. The second-order valence-electron chi connectivity index (χ2n) is 7.13. The molecule has 0 aromatic heterocycles. The topological polar surface area (TPSA) is 92.7 Å². The molecule has 2 aromatic rings. The number of nitrogens with one attached hydrogen (secondary N) is 1. The van der Waals surface area contributed by atoms with E-state index in [1.807, 2.05) is 18.2 Å². The normalized spacial score (nSPS) is 17.0. The third-order valence-corrected chi connectivity index (χ3v) is 6.68. The average molecular weight is 438 g/mol. The van der Waals surface area contributed by atoms with Gasteiger partial charge in [0.15, 0.2) is 0 Å². The zero-order chi connectivity index (χ0) is 21.0. The van der Waals surface area contributed by atoms with Crippen molar-refractivity contribution in [2.45, 2.75) is 37.2 Å². The average Bonchev–Trinajstić information content (AvgIpc) is 3.09. The Balaban J connectivity index is 1.60. The number of carbonyl (C=O) groups excluding carboxylic acids is 1. The number of esters is 1. The first-order valence-electron chi connectivity index (χ1n) is 9.49. The zero-order valence-electron chi connectivity index (χ0n) is 16.1. The van der Waals surface area contributed by atoms with Crippen LogP contribution in [0.2, 0.25) is 5.02 Å². The number of ether oxygens (including phenoxy) is 1. The minimum atomic E-state index is -3.59. The van der Waals surface area contributed by atoms with Crippen LogP contribution in [0.15, 0.2) is 47.4 Å². The van der Waals surface area contributed by atoms with Crippen LogP contribution in [-0.2, 0) is 32.4 Å². The van der Waals surface area contributed by atoms with Gasteiger partial charge in [0.25, 0.3) is 0 Å². The Morgan fingerprint density at radius 1 is 1.21 bits per heavy atom. The van der Waals surface area contributed by atoms with Crippen molar-refractivity contribution in [1.29, 1.82) is 0 Å². The van der Waals surface area contributed by atoms with E-state index in [1.54, 1.807) is 19.1 Å². The lowest BCUT2D eigenvalue weighted by Gasteiger charge is -2.12. The van der Waals surface area contributed by atoms with Crippen LogP contribution >= 0.6 is 11.6 Å². The van der Waals surface area contributed by atoms with Crippen LogP contribution in [0.25, 0.3) is 0 Å². The second kappa shape index (κ2) is 9.26. The summed E-state index contributed by atoms with van der Waals surface area (Å²) in [6, 6.07) is 11.7. The fraction of sp³-hybridized carbons (Fsp3) is 0.381. The van der Waals surface area contributed by atoms with Crippen molar-refractivity contribution in [3.05, 3.63) is 64.2 Å². The lowest BCUT2D eigenvalue weighted by atomic mass is 10.0. The van der Waals surface area contributed by atoms with Gasteiger partial charge in [0, 0.05) is 11.6 Å². The van der Waals surface area contributed by atoms with Gasteiger partial charge in [0.1, 0.15) is 0 Å². The van der Waals surface area contributed by atoms with Crippen molar-refractivity contribution >= 4 is 27.6 Å². The number of sulfonamides is 1. The van der Waals surface area contributed by atoms with Crippen molar-refractivity contribution < 1.29 is 23.1 Å². The van der Waals surface area contributed by atoms with Gasteiger partial charge >= 0.3 is 5.97 Å². The predicted molar refractivity (Wildman–Crippen MR) is 110 cm³/mol. The number of hydrogen-bond acceptors (Lipinski definition) is 5. The van der Waals surface area contributed by atoms with Gasteiger partial charge in [-0.1, -0.05) is 29.8 Å². The summed E-state index contributed by atoms with van der Waals surface area (Å²) in [6.45, 7) is 2.32. The van der Waals surface area contributed by atoms with Gasteiger partial charge in [0.2, 0.25) is 10.0 Å². The van der Waals surface area contributed by atoms with Crippen molar-refractivity contribution in [3.63, 3.8) is 0 Å². The molecule has 0 spiro atoms. The Hall–Kier alpha value is -1.93. The minimum absolute atomic E-state index is 0.0864. The highest BCUT2D eigenvalue weighted by Gasteiger charge is 2.25. The zero-order valence-corrected chi connectivity index (χ0v) is 17.7. The van der Waals surface area contributed by atoms with Gasteiger partial charge in [-0.05, 0) is 66.6 Å².